The smallest absolute Gasteiger partial charge is 0.293 e. The quantitative estimate of drug-likeness (QED) is 0.579. The van der Waals surface area contributed by atoms with Crippen molar-refractivity contribution in [3.8, 4) is 6.07 Å². The molecule has 1 fully saturated rings. The maximum atomic E-state index is 10.8. The predicted molar refractivity (Wildman–Crippen MR) is 58.1 cm³/mol. The van der Waals surface area contributed by atoms with Crippen molar-refractivity contribution in [1.29, 1.82) is 5.26 Å². The highest BCUT2D eigenvalue weighted by Gasteiger charge is 2.21. The SMILES string of the molecule is N#Cc1ccc(NC2CNC2)c([N+](=O)[O-])c1. The monoisotopic (exact) mass is 218 g/mol. The molecule has 0 aromatic heterocycles. The third-order valence-corrected chi connectivity index (χ3v) is 2.46. The van der Waals surface area contributed by atoms with Crippen molar-refractivity contribution >= 4 is 11.4 Å². The lowest BCUT2D eigenvalue weighted by Crippen LogP contribution is -2.51. The van der Waals surface area contributed by atoms with Gasteiger partial charge in [0.15, 0.2) is 0 Å². The normalized spacial score (nSPS) is 14.9. The lowest BCUT2D eigenvalue weighted by atomic mass is 10.1. The molecule has 0 bridgehead atoms. The van der Waals surface area contributed by atoms with Crippen LogP contribution in [0.1, 0.15) is 5.56 Å². The fourth-order valence-corrected chi connectivity index (χ4v) is 1.48. The molecule has 1 aliphatic rings. The van der Waals surface area contributed by atoms with Gasteiger partial charge in [0.05, 0.1) is 22.6 Å². The Balaban J connectivity index is 2.28. The van der Waals surface area contributed by atoms with Gasteiger partial charge in [-0.25, -0.2) is 0 Å². The predicted octanol–water partition coefficient (Wildman–Crippen LogP) is 0.850. The van der Waals surface area contributed by atoms with Crippen molar-refractivity contribution in [3.63, 3.8) is 0 Å². The summed E-state index contributed by atoms with van der Waals surface area (Å²) in [6.07, 6.45) is 0. The Morgan fingerprint density at radius 3 is 2.81 bits per heavy atom. The third-order valence-electron chi connectivity index (χ3n) is 2.46. The molecule has 6 heteroatoms. The van der Waals surface area contributed by atoms with Gasteiger partial charge < -0.3 is 10.6 Å². The van der Waals surface area contributed by atoms with Crippen molar-refractivity contribution in [2.24, 2.45) is 0 Å². The zero-order valence-corrected chi connectivity index (χ0v) is 8.43. The van der Waals surface area contributed by atoms with E-state index in [1.165, 1.54) is 6.07 Å². The molecule has 0 saturated carbocycles. The van der Waals surface area contributed by atoms with Crippen LogP contribution in [-0.4, -0.2) is 24.1 Å². The number of nitrogens with one attached hydrogen (secondary N) is 2. The van der Waals surface area contributed by atoms with E-state index in [2.05, 4.69) is 10.6 Å². The van der Waals surface area contributed by atoms with E-state index in [4.69, 9.17) is 5.26 Å². The van der Waals surface area contributed by atoms with E-state index in [1.807, 2.05) is 6.07 Å². The van der Waals surface area contributed by atoms with Gasteiger partial charge in [0.25, 0.3) is 5.69 Å². The average molecular weight is 218 g/mol. The summed E-state index contributed by atoms with van der Waals surface area (Å²) < 4.78 is 0. The largest absolute Gasteiger partial charge is 0.374 e. The third kappa shape index (κ3) is 1.94. The van der Waals surface area contributed by atoms with Crippen LogP contribution in [0.4, 0.5) is 11.4 Å². The number of anilines is 1. The van der Waals surface area contributed by atoms with Crippen molar-refractivity contribution < 1.29 is 4.92 Å². The summed E-state index contributed by atoms with van der Waals surface area (Å²) in [6, 6.07) is 6.55. The summed E-state index contributed by atoms with van der Waals surface area (Å²) in [6.45, 7) is 1.61. The molecule has 16 heavy (non-hydrogen) atoms. The fraction of sp³-hybridized carbons (Fsp3) is 0.300. The van der Waals surface area contributed by atoms with Crippen LogP contribution in [0.2, 0.25) is 0 Å². The molecule has 1 aromatic rings. The molecule has 82 valence electrons. The summed E-state index contributed by atoms with van der Waals surface area (Å²) in [5.74, 6) is 0. The highest BCUT2D eigenvalue weighted by Crippen LogP contribution is 2.26. The topological polar surface area (TPSA) is 91.0 Å². The lowest BCUT2D eigenvalue weighted by molar-refractivity contribution is -0.384. The van der Waals surface area contributed by atoms with Gasteiger partial charge in [-0.2, -0.15) is 5.26 Å². The van der Waals surface area contributed by atoms with Gasteiger partial charge >= 0.3 is 0 Å². The summed E-state index contributed by atoms with van der Waals surface area (Å²) in [5.41, 5.74) is 0.713. The van der Waals surface area contributed by atoms with E-state index >= 15 is 0 Å². The minimum atomic E-state index is -0.477. The first-order chi connectivity index (χ1) is 7.70. The van der Waals surface area contributed by atoms with Crippen LogP contribution in [0.25, 0.3) is 0 Å². The summed E-state index contributed by atoms with van der Waals surface area (Å²) >= 11 is 0. The molecule has 1 aliphatic heterocycles. The second-order valence-electron chi connectivity index (χ2n) is 3.60. The number of rotatable bonds is 3. The van der Waals surface area contributed by atoms with Gasteiger partial charge in [0.1, 0.15) is 5.69 Å². The zero-order chi connectivity index (χ0) is 11.5. The number of hydrogen-bond acceptors (Lipinski definition) is 5. The Labute approximate surface area is 92.0 Å². The molecule has 1 saturated heterocycles. The van der Waals surface area contributed by atoms with Gasteiger partial charge in [0.2, 0.25) is 0 Å². The molecular weight excluding hydrogens is 208 g/mol. The van der Waals surface area contributed by atoms with Crippen molar-refractivity contribution in [1.82, 2.24) is 5.32 Å². The minimum absolute atomic E-state index is 0.0500. The molecule has 0 atom stereocenters. The van der Waals surface area contributed by atoms with Crippen LogP contribution >= 0.6 is 0 Å². The van der Waals surface area contributed by atoms with Crippen LogP contribution in [0.3, 0.4) is 0 Å². The Bertz CT molecular complexity index is 462. The molecule has 0 aliphatic carbocycles. The van der Waals surface area contributed by atoms with Crippen LogP contribution in [0, 0.1) is 21.4 Å². The molecule has 1 heterocycles. The van der Waals surface area contributed by atoms with Crippen molar-refractivity contribution in [2.75, 3.05) is 18.4 Å². The Morgan fingerprint density at radius 2 is 2.31 bits per heavy atom. The molecule has 1 aromatic carbocycles. The zero-order valence-electron chi connectivity index (χ0n) is 8.43. The molecule has 6 nitrogen and oxygen atoms in total. The highest BCUT2D eigenvalue weighted by atomic mass is 16.6. The van der Waals surface area contributed by atoms with Gasteiger partial charge in [0, 0.05) is 19.2 Å². The Hall–Kier alpha value is -2.13. The fourth-order valence-electron chi connectivity index (χ4n) is 1.48. The number of nitro groups is 1. The maximum Gasteiger partial charge on any atom is 0.293 e. The van der Waals surface area contributed by atoms with Crippen LogP contribution in [0.15, 0.2) is 18.2 Å². The highest BCUT2D eigenvalue weighted by molar-refractivity contribution is 5.64. The number of nitro benzene ring substituents is 1. The first kappa shape index (κ1) is 10.4. The summed E-state index contributed by atoms with van der Waals surface area (Å²) in [4.78, 5) is 10.3. The number of nitrogens with zero attached hydrogens (tertiary/aromatic N) is 2. The first-order valence-corrected chi connectivity index (χ1v) is 4.86. The minimum Gasteiger partial charge on any atom is -0.374 e. The molecule has 0 amide bonds. The standard InChI is InChI=1S/C10H10N4O2/c11-4-7-1-2-9(10(3-7)14(15)16)13-8-5-12-6-8/h1-3,8,12-13H,5-6H2. The maximum absolute atomic E-state index is 10.8. The second-order valence-corrected chi connectivity index (χ2v) is 3.60. The molecule has 0 radical (unpaired) electrons. The van der Waals surface area contributed by atoms with E-state index < -0.39 is 4.92 Å². The van der Waals surface area contributed by atoms with Gasteiger partial charge in [-0.15, -0.1) is 0 Å². The molecule has 2 N–H and O–H groups in total. The van der Waals surface area contributed by atoms with E-state index in [-0.39, 0.29) is 11.7 Å². The van der Waals surface area contributed by atoms with Gasteiger partial charge in [-0.05, 0) is 12.1 Å². The van der Waals surface area contributed by atoms with Crippen LogP contribution < -0.4 is 10.6 Å². The molecular formula is C10H10N4O2. The van der Waals surface area contributed by atoms with Crippen molar-refractivity contribution in [2.45, 2.75) is 6.04 Å². The van der Waals surface area contributed by atoms with Gasteiger partial charge in [-0.3, -0.25) is 10.1 Å². The number of nitriles is 1. The molecule has 0 spiro atoms. The summed E-state index contributed by atoms with van der Waals surface area (Å²) in [7, 11) is 0. The second kappa shape index (κ2) is 4.16. The average Bonchev–Trinajstić information content (AvgIpc) is 2.23. The van der Waals surface area contributed by atoms with Crippen LogP contribution in [0.5, 0.6) is 0 Å². The molecule has 2 rings (SSSR count). The summed E-state index contributed by atoms with van der Waals surface area (Å²) in [5, 5.41) is 25.6. The lowest BCUT2D eigenvalue weighted by Gasteiger charge is -2.28. The van der Waals surface area contributed by atoms with Crippen LogP contribution in [-0.2, 0) is 0 Å². The number of benzene rings is 1. The van der Waals surface area contributed by atoms with Gasteiger partial charge in [-0.1, -0.05) is 0 Å². The van der Waals surface area contributed by atoms with E-state index in [0.29, 0.717) is 11.3 Å². The van der Waals surface area contributed by atoms with Crippen molar-refractivity contribution in [3.05, 3.63) is 33.9 Å². The number of hydrogen-bond donors (Lipinski definition) is 2. The van der Waals surface area contributed by atoms with E-state index in [0.717, 1.165) is 13.1 Å². The Morgan fingerprint density at radius 1 is 1.56 bits per heavy atom. The van der Waals surface area contributed by atoms with E-state index in [9.17, 15) is 10.1 Å². The van der Waals surface area contributed by atoms with E-state index in [1.54, 1.807) is 12.1 Å². The first-order valence-electron chi connectivity index (χ1n) is 4.86. The molecule has 0 unspecified atom stereocenters. The Kier molecular flexibility index (Phi) is 2.70.